The fraction of sp³-hybridized carbons (Fsp3) is 0.538. The zero-order valence-electron chi connectivity index (χ0n) is 11.4. The zero-order valence-corrected chi connectivity index (χ0v) is 13.0. The fourth-order valence-corrected chi connectivity index (χ4v) is 2.31. The van der Waals surface area contributed by atoms with Crippen LogP contribution in [-0.2, 0) is 6.18 Å². The largest absolute Gasteiger partial charge is 0.416 e. The summed E-state index contributed by atoms with van der Waals surface area (Å²) in [4.78, 5) is 2.06. The lowest BCUT2D eigenvalue weighted by atomic mass is 10.0. The van der Waals surface area contributed by atoms with E-state index in [4.69, 9.17) is 0 Å². The van der Waals surface area contributed by atoms with Crippen LogP contribution < -0.4 is 5.32 Å². The van der Waals surface area contributed by atoms with Gasteiger partial charge in [0.05, 0.1) is 5.56 Å². The van der Waals surface area contributed by atoms with Gasteiger partial charge in [-0.3, -0.25) is 4.90 Å². The van der Waals surface area contributed by atoms with Crippen molar-refractivity contribution in [2.45, 2.75) is 19.1 Å². The van der Waals surface area contributed by atoms with Crippen LogP contribution in [0, 0.1) is 5.82 Å². The van der Waals surface area contributed by atoms with Gasteiger partial charge in [-0.05, 0) is 19.1 Å². The van der Waals surface area contributed by atoms with Crippen molar-refractivity contribution in [2.75, 3.05) is 26.2 Å². The molecule has 0 amide bonds. The first-order valence-electron chi connectivity index (χ1n) is 6.21. The number of halogens is 6. The van der Waals surface area contributed by atoms with Crippen LogP contribution in [-0.4, -0.2) is 31.1 Å². The Balaban J connectivity index is 0.00000200. The number of nitrogens with one attached hydrogen (secondary N) is 1. The number of piperazine rings is 1. The van der Waals surface area contributed by atoms with E-state index in [2.05, 4.69) is 10.2 Å². The Morgan fingerprint density at radius 1 is 1.14 bits per heavy atom. The third-order valence-corrected chi connectivity index (χ3v) is 3.48. The van der Waals surface area contributed by atoms with Crippen molar-refractivity contribution in [2.24, 2.45) is 0 Å². The molecule has 2 nitrogen and oxygen atoms in total. The highest BCUT2D eigenvalue weighted by molar-refractivity contribution is 5.85. The van der Waals surface area contributed by atoms with Gasteiger partial charge in [-0.2, -0.15) is 13.2 Å². The van der Waals surface area contributed by atoms with Crippen LogP contribution in [0.2, 0.25) is 0 Å². The topological polar surface area (TPSA) is 15.3 Å². The molecule has 0 saturated carbocycles. The van der Waals surface area contributed by atoms with E-state index in [1.54, 1.807) is 0 Å². The van der Waals surface area contributed by atoms with Crippen molar-refractivity contribution in [3.05, 3.63) is 35.1 Å². The van der Waals surface area contributed by atoms with Crippen LogP contribution in [0.15, 0.2) is 18.2 Å². The molecule has 0 aromatic heterocycles. The van der Waals surface area contributed by atoms with E-state index in [-0.39, 0.29) is 30.9 Å². The normalized spacial score (nSPS) is 17.6. The molecular weight excluding hydrogens is 331 g/mol. The minimum absolute atomic E-state index is 0. The maximum Gasteiger partial charge on any atom is 0.416 e. The first-order chi connectivity index (χ1) is 8.89. The van der Waals surface area contributed by atoms with Gasteiger partial charge < -0.3 is 5.32 Å². The van der Waals surface area contributed by atoms with Gasteiger partial charge >= 0.3 is 6.18 Å². The molecule has 1 heterocycles. The van der Waals surface area contributed by atoms with Crippen LogP contribution in [0.5, 0.6) is 0 Å². The van der Waals surface area contributed by atoms with Gasteiger partial charge in [0, 0.05) is 37.8 Å². The standard InChI is InChI=1S/C13H16F4N2.2ClH/c1-9(19-6-4-18-5-7-19)11-3-2-10(8-12(11)14)13(15,16)17;;/h2-3,8-9,18H,4-7H2,1H3;2*1H/t9-;;/m0../s1. The second kappa shape index (κ2) is 8.17. The van der Waals surface area contributed by atoms with E-state index in [0.717, 1.165) is 32.2 Å². The number of hydrogen-bond donors (Lipinski definition) is 1. The van der Waals surface area contributed by atoms with E-state index in [1.807, 2.05) is 6.92 Å². The summed E-state index contributed by atoms with van der Waals surface area (Å²) in [7, 11) is 0. The molecular formula is C13H18Cl2F4N2. The van der Waals surface area contributed by atoms with E-state index in [9.17, 15) is 17.6 Å². The number of hydrogen-bond acceptors (Lipinski definition) is 2. The second-order valence-electron chi connectivity index (χ2n) is 4.70. The molecule has 1 fully saturated rings. The van der Waals surface area contributed by atoms with E-state index >= 15 is 0 Å². The average molecular weight is 349 g/mol. The Labute approximate surface area is 133 Å². The first kappa shape index (κ1) is 20.4. The molecule has 1 aliphatic heterocycles. The van der Waals surface area contributed by atoms with Gasteiger partial charge in [-0.15, -0.1) is 24.8 Å². The molecule has 8 heteroatoms. The monoisotopic (exact) mass is 348 g/mol. The second-order valence-corrected chi connectivity index (χ2v) is 4.70. The Kier molecular flexibility index (Phi) is 7.95. The third kappa shape index (κ3) is 4.98. The molecule has 0 unspecified atom stereocenters. The van der Waals surface area contributed by atoms with Gasteiger partial charge in [0.15, 0.2) is 0 Å². The average Bonchev–Trinajstić information content (AvgIpc) is 2.38. The molecule has 122 valence electrons. The van der Waals surface area contributed by atoms with Crippen molar-refractivity contribution in [3.63, 3.8) is 0 Å². The van der Waals surface area contributed by atoms with Gasteiger partial charge in [0.25, 0.3) is 0 Å². The highest BCUT2D eigenvalue weighted by atomic mass is 35.5. The molecule has 1 aromatic carbocycles. The van der Waals surface area contributed by atoms with Crippen molar-refractivity contribution >= 4 is 24.8 Å². The number of benzene rings is 1. The molecule has 1 aromatic rings. The smallest absolute Gasteiger partial charge is 0.314 e. The maximum atomic E-state index is 13.8. The predicted molar refractivity (Wildman–Crippen MR) is 78.8 cm³/mol. The molecule has 1 aliphatic rings. The summed E-state index contributed by atoms with van der Waals surface area (Å²) in [6.07, 6.45) is -4.50. The molecule has 0 aliphatic carbocycles. The highest BCUT2D eigenvalue weighted by Gasteiger charge is 2.32. The van der Waals surface area contributed by atoms with Crippen LogP contribution in [0.25, 0.3) is 0 Å². The molecule has 0 radical (unpaired) electrons. The minimum Gasteiger partial charge on any atom is -0.314 e. The van der Waals surface area contributed by atoms with Gasteiger partial charge in [0.2, 0.25) is 0 Å². The summed E-state index contributed by atoms with van der Waals surface area (Å²) in [6, 6.07) is 2.54. The highest BCUT2D eigenvalue weighted by Crippen LogP contribution is 2.32. The molecule has 0 spiro atoms. The summed E-state index contributed by atoms with van der Waals surface area (Å²) in [5.41, 5.74) is -0.629. The number of nitrogens with zero attached hydrogens (tertiary/aromatic N) is 1. The lowest BCUT2D eigenvalue weighted by Crippen LogP contribution is -2.44. The molecule has 2 rings (SSSR count). The Bertz CT molecular complexity index is 448. The van der Waals surface area contributed by atoms with E-state index < -0.39 is 17.6 Å². The van der Waals surface area contributed by atoms with Crippen molar-refractivity contribution in [1.29, 1.82) is 0 Å². The van der Waals surface area contributed by atoms with Crippen LogP contribution >= 0.6 is 24.8 Å². The number of rotatable bonds is 2. The van der Waals surface area contributed by atoms with Crippen molar-refractivity contribution in [1.82, 2.24) is 10.2 Å². The van der Waals surface area contributed by atoms with Gasteiger partial charge in [-0.1, -0.05) is 6.07 Å². The molecule has 1 N–H and O–H groups in total. The van der Waals surface area contributed by atoms with Crippen LogP contribution in [0.4, 0.5) is 17.6 Å². The SMILES string of the molecule is C[C@@H](c1ccc(C(F)(F)F)cc1F)N1CCNCC1.Cl.Cl. The maximum absolute atomic E-state index is 13.8. The van der Waals surface area contributed by atoms with Crippen LogP contribution in [0.1, 0.15) is 24.1 Å². The van der Waals surface area contributed by atoms with E-state index in [1.165, 1.54) is 6.07 Å². The van der Waals surface area contributed by atoms with Crippen molar-refractivity contribution in [3.8, 4) is 0 Å². The predicted octanol–water partition coefficient (Wildman–Crippen LogP) is 3.65. The fourth-order valence-electron chi connectivity index (χ4n) is 2.31. The Morgan fingerprint density at radius 3 is 2.19 bits per heavy atom. The number of alkyl halides is 3. The summed E-state index contributed by atoms with van der Waals surface area (Å²) in [5, 5.41) is 3.18. The molecule has 1 saturated heterocycles. The zero-order chi connectivity index (χ0) is 14.0. The Hall–Kier alpha value is -0.560. The third-order valence-electron chi connectivity index (χ3n) is 3.48. The Morgan fingerprint density at radius 2 is 1.71 bits per heavy atom. The quantitative estimate of drug-likeness (QED) is 0.820. The van der Waals surface area contributed by atoms with Gasteiger partial charge in [0.1, 0.15) is 5.82 Å². The molecule has 0 bridgehead atoms. The summed E-state index contributed by atoms with van der Waals surface area (Å²) >= 11 is 0. The van der Waals surface area contributed by atoms with E-state index in [0.29, 0.717) is 11.6 Å². The summed E-state index contributed by atoms with van der Waals surface area (Å²) < 4.78 is 51.3. The first-order valence-corrected chi connectivity index (χ1v) is 6.21. The summed E-state index contributed by atoms with van der Waals surface area (Å²) in [6.45, 7) is 4.97. The van der Waals surface area contributed by atoms with Crippen molar-refractivity contribution < 1.29 is 17.6 Å². The molecule has 1 atom stereocenters. The van der Waals surface area contributed by atoms with Gasteiger partial charge in [-0.25, -0.2) is 4.39 Å². The lowest BCUT2D eigenvalue weighted by molar-refractivity contribution is -0.137. The van der Waals surface area contributed by atoms with Crippen LogP contribution in [0.3, 0.4) is 0 Å². The molecule has 21 heavy (non-hydrogen) atoms. The summed E-state index contributed by atoms with van der Waals surface area (Å²) in [5.74, 6) is -0.791. The lowest BCUT2D eigenvalue weighted by Gasteiger charge is -2.33. The minimum atomic E-state index is -4.50.